The van der Waals surface area contributed by atoms with Crippen LogP contribution in [-0.4, -0.2) is 0 Å². The molecule has 0 saturated heterocycles. The summed E-state index contributed by atoms with van der Waals surface area (Å²) in [6.45, 7) is 2.12. The van der Waals surface area contributed by atoms with Gasteiger partial charge in [-0.1, -0.05) is 35.0 Å². The molecule has 0 aliphatic heterocycles. The number of anilines is 1. The summed E-state index contributed by atoms with van der Waals surface area (Å²) in [5.74, 6) is -0.249. The second-order valence-electron chi connectivity index (χ2n) is 4.29. The highest BCUT2D eigenvalue weighted by atomic mass is 79.9. The molecule has 0 radical (unpaired) electrons. The Bertz CT molecular complexity index is 572. The van der Waals surface area contributed by atoms with Crippen LogP contribution in [0.4, 0.5) is 10.1 Å². The summed E-state index contributed by atoms with van der Waals surface area (Å²) in [6.07, 6.45) is 0.950. The second-order valence-corrected chi connectivity index (χ2v) is 6.06. The van der Waals surface area contributed by atoms with Crippen LogP contribution in [0.15, 0.2) is 51.4 Å². The third kappa shape index (κ3) is 3.80. The summed E-state index contributed by atoms with van der Waals surface area (Å²) in [4.78, 5) is 0. The maximum absolute atomic E-state index is 13.2. The summed E-state index contributed by atoms with van der Waals surface area (Å²) in [5, 5.41) is 3.42. The largest absolute Gasteiger partial charge is 0.378 e. The minimum atomic E-state index is -0.249. The second kappa shape index (κ2) is 6.53. The van der Waals surface area contributed by atoms with E-state index in [-0.39, 0.29) is 11.9 Å². The molecular formula is C15H14Br2FN. The zero-order chi connectivity index (χ0) is 13.8. The van der Waals surface area contributed by atoms with Crippen molar-refractivity contribution >= 4 is 37.5 Å². The van der Waals surface area contributed by atoms with Crippen molar-refractivity contribution in [3.05, 3.63) is 62.8 Å². The molecule has 1 unspecified atom stereocenters. The first-order valence-electron chi connectivity index (χ1n) is 6.07. The molecule has 1 atom stereocenters. The Morgan fingerprint density at radius 3 is 2.58 bits per heavy atom. The molecule has 4 heteroatoms. The van der Waals surface area contributed by atoms with Gasteiger partial charge in [-0.25, -0.2) is 4.39 Å². The van der Waals surface area contributed by atoms with Crippen LogP contribution in [0.1, 0.15) is 24.9 Å². The SMILES string of the molecule is CCC(Nc1ccc(F)c(Br)c1)c1cccc(Br)c1. The summed E-state index contributed by atoms with van der Waals surface area (Å²) in [7, 11) is 0. The van der Waals surface area contributed by atoms with Gasteiger partial charge in [-0.15, -0.1) is 0 Å². The highest BCUT2D eigenvalue weighted by Gasteiger charge is 2.10. The Balaban J connectivity index is 2.21. The Labute approximate surface area is 129 Å². The molecule has 0 saturated carbocycles. The first-order valence-corrected chi connectivity index (χ1v) is 7.66. The number of nitrogens with one attached hydrogen (secondary N) is 1. The van der Waals surface area contributed by atoms with Crippen LogP contribution in [0.5, 0.6) is 0 Å². The lowest BCUT2D eigenvalue weighted by molar-refractivity contribution is 0.621. The average Bonchev–Trinajstić information content (AvgIpc) is 2.40. The van der Waals surface area contributed by atoms with Gasteiger partial charge in [0.2, 0.25) is 0 Å². The molecular weight excluding hydrogens is 373 g/mol. The number of halogens is 3. The van der Waals surface area contributed by atoms with Crippen molar-refractivity contribution in [3.63, 3.8) is 0 Å². The van der Waals surface area contributed by atoms with Crippen LogP contribution in [0.3, 0.4) is 0 Å². The molecule has 0 aliphatic carbocycles. The van der Waals surface area contributed by atoms with E-state index in [0.717, 1.165) is 16.6 Å². The Morgan fingerprint density at radius 2 is 1.95 bits per heavy atom. The third-order valence-electron chi connectivity index (χ3n) is 2.92. The van der Waals surface area contributed by atoms with Crippen LogP contribution in [0.2, 0.25) is 0 Å². The Kier molecular flexibility index (Phi) is 4.99. The predicted molar refractivity (Wildman–Crippen MR) is 84.9 cm³/mol. The number of hydrogen-bond acceptors (Lipinski definition) is 1. The van der Waals surface area contributed by atoms with Crippen molar-refractivity contribution in [2.75, 3.05) is 5.32 Å². The molecule has 19 heavy (non-hydrogen) atoms. The number of benzene rings is 2. The topological polar surface area (TPSA) is 12.0 Å². The highest BCUT2D eigenvalue weighted by Crippen LogP contribution is 2.27. The highest BCUT2D eigenvalue weighted by molar-refractivity contribution is 9.10. The van der Waals surface area contributed by atoms with Gasteiger partial charge < -0.3 is 5.32 Å². The number of rotatable bonds is 4. The van der Waals surface area contributed by atoms with E-state index in [1.807, 2.05) is 12.1 Å². The average molecular weight is 387 g/mol. The Morgan fingerprint density at radius 1 is 1.16 bits per heavy atom. The summed E-state index contributed by atoms with van der Waals surface area (Å²) >= 11 is 6.68. The lowest BCUT2D eigenvalue weighted by atomic mass is 10.0. The van der Waals surface area contributed by atoms with Gasteiger partial charge >= 0.3 is 0 Å². The van der Waals surface area contributed by atoms with Gasteiger partial charge in [-0.2, -0.15) is 0 Å². The monoisotopic (exact) mass is 385 g/mol. The van der Waals surface area contributed by atoms with E-state index in [4.69, 9.17) is 0 Å². The van der Waals surface area contributed by atoms with Crippen molar-refractivity contribution in [1.82, 2.24) is 0 Å². The van der Waals surface area contributed by atoms with E-state index >= 15 is 0 Å². The van der Waals surface area contributed by atoms with E-state index in [2.05, 4.69) is 56.2 Å². The van der Waals surface area contributed by atoms with Crippen LogP contribution < -0.4 is 5.32 Å². The van der Waals surface area contributed by atoms with E-state index in [1.54, 1.807) is 12.1 Å². The predicted octanol–water partition coefficient (Wildman–Crippen LogP) is 5.91. The molecule has 0 aliphatic rings. The van der Waals surface area contributed by atoms with E-state index in [1.165, 1.54) is 11.6 Å². The fourth-order valence-electron chi connectivity index (χ4n) is 1.93. The van der Waals surface area contributed by atoms with Crippen molar-refractivity contribution in [2.24, 2.45) is 0 Å². The van der Waals surface area contributed by atoms with E-state index < -0.39 is 0 Å². The van der Waals surface area contributed by atoms with Gasteiger partial charge in [0.15, 0.2) is 0 Å². The molecule has 0 aromatic heterocycles. The quantitative estimate of drug-likeness (QED) is 0.688. The molecule has 2 aromatic rings. The normalized spacial score (nSPS) is 12.2. The first kappa shape index (κ1) is 14.5. The van der Waals surface area contributed by atoms with Gasteiger partial charge in [0, 0.05) is 10.2 Å². The molecule has 0 heterocycles. The van der Waals surface area contributed by atoms with Gasteiger partial charge in [0.25, 0.3) is 0 Å². The molecule has 0 bridgehead atoms. The lowest BCUT2D eigenvalue weighted by Gasteiger charge is -2.19. The van der Waals surface area contributed by atoms with Crippen molar-refractivity contribution in [3.8, 4) is 0 Å². The van der Waals surface area contributed by atoms with Crippen LogP contribution >= 0.6 is 31.9 Å². The van der Waals surface area contributed by atoms with Gasteiger partial charge in [0.05, 0.1) is 10.5 Å². The summed E-state index contributed by atoms with van der Waals surface area (Å²) in [6, 6.07) is 13.4. The van der Waals surface area contributed by atoms with E-state index in [0.29, 0.717) is 4.47 Å². The molecule has 1 N–H and O–H groups in total. The van der Waals surface area contributed by atoms with E-state index in [9.17, 15) is 4.39 Å². The first-order chi connectivity index (χ1) is 9.10. The fraction of sp³-hybridized carbons (Fsp3) is 0.200. The van der Waals surface area contributed by atoms with Crippen LogP contribution in [0.25, 0.3) is 0 Å². The molecule has 0 spiro atoms. The van der Waals surface area contributed by atoms with Crippen LogP contribution in [0, 0.1) is 5.82 Å². The van der Waals surface area contributed by atoms with Gasteiger partial charge in [0.1, 0.15) is 5.82 Å². The molecule has 0 amide bonds. The molecule has 2 aromatic carbocycles. The molecule has 1 nitrogen and oxygen atoms in total. The minimum absolute atomic E-state index is 0.204. The van der Waals surface area contributed by atoms with Crippen LogP contribution in [-0.2, 0) is 0 Å². The molecule has 100 valence electrons. The van der Waals surface area contributed by atoms with Crippen molar-refractivity contribution in [2.45, 2.75) is 19.4 Å². The molecule has 0 fully saturated rings. The third-order valence-corrected chi connectivity index (χ3v) is 4.02. The smallest absolute Gasteiger partial charge is 0.137 e. The number of hydrogen-bond donors (Lipinski definition) is 1. The summed E-state index contributed by atoms with van der Waals surface area (Å²) in [5.41, 5.74) is 2.11. The van der Waals surface area contributed by atoms with Crippen molar-refractivity contribution < 1.29 is 4.39 Å². The maximum Gasteiger partial charge on any atom is 0.137 e. The van der Waals surface area contributed by atoms with Gasteiger partial charge in [-0.05, 0) is 58.2 Å². The van der Waals surface area contributed by atoms with Crippen molar-refractivity contribution in [1.29, 1.82) is 0 Å². The summed E-state index contributed by atoms with van der Waals surface area (Å²) < 4.78 is 14.7. The zero-order valence-corrected chi connectivity index (χ0v) is 13.6. The fourth-order valence-corrected chi connectivity index (χ4v) is 2.73. The minimum Gasteiger partial charge on any atom is -0.378 e. The standard InChI is InChI=1S/C15H14Br2FN/c1-2-15(10-4-3-5-11(16)8-10)19-12-6-7-14(18)13(17)9-12/h3-9,15,19H,2H2,1H3. The zero-order valence-electron chi connectivity index (χ0n) is 10.5. The lowest BCUT2D eigenvalue weighted by Crippen LogP contribution is -2.09. The van der Waals surface area contributed by atoms with Gasteiger partial charge in [-0.3, -0.25) is 0 Å². The Hall–Kier alpha value is -0.870. The molecule has 2 rings (SSSR count). The maximum atomic E-state index is 13.2.